The molecule has 0 saturated heterocycles. The van der Waals surface area contributed by atoms with Crippen LogP contribution in [-0.4, -0.2) is 10.4 Å². The molecular formula is C15H17Cl2FO2S. The molecule has 0 spiro atoms. The average molecular weight is 351 g/mol. The second-order valence-electron chi connectivity index (χ2n) is 5.52. The van der Waals surface area contributed by atoms with Crippen LogP contribution in [0.3, 0.4) is 0 Å². The Bertz CT molecular complexity index is 573. The Kier molecular flexibility index (Phi) is 6.26. The van der Waals surface area contributed by atoms with Crippen molar-refractivity contribution in [2.24, 2.45) is 11.3 Å². The fourth-order valence-corrected chi connectivity index (χ4v) is 3.04. The zero-order valence-corrected chi connectivity index (χ0v) is 14.6. The topological polar surface area (TPSA) is 34.1 Å². The van der Waals surface area contributed by atoms with Crippen LogP contribution in [-0.2, 0) is 4.79 Å². The van der Waals surface area contributed by atoms with Gasteiger partial charge >= 0.3 is 0 Å². The first-order valence-corrected chi connectivity index (χ1v) is 8.08. The zero-order valence-electron chi connectivity index (χ0n) is 12.3. The Balaban J connectivity index is 3.06. The van der Waals surface area contributed by atoms with Crippen molar-refractivity contribution in [2.45, 2.75) is 39.0 Å². The van der Waals surface area contributed by atoms with E-state index in [2.05, 4.69) is 0 Å². The number of halogens is 3. The molecular weight excluding hydrogens is 334 g/mol. The summed E-state index contributed by atoms with van der Waals surface area (Å²) in [6.07, 6.45) is 0.850. The highest BCUT2D eigenvalue weighted by molar-refractivity contribution is 8.13. The lowest BCUT2D eigenvalue weighted by atomic mass is 9.78. The predicted octanol–water partition coefficient (Wildman–Crippen LogP) is 5.55. The fraction of sp³-hybridized carbons (Fsp3) is 0.467. The van der Waals surface area contributed by atoms with E-state index in [1.165, 1.54) is 6.07 Å². The van der Waals surface area contributed by atoms with Crippen molar-refractivity contribution in [3.05, 3.63) is 28.5 Å². The largest absolute Gasteiger partial charge is 0.287 e. The van der Waals surface area contributed by atoms with Crippen LogP contribution >= 0.6 is 35.0 Å². The van der Waals surface area contributed by atoms with Gasteiger partial charge in [-0.3, -0.25) is 9.59 Å². The molecule has 0 aliphatic rings. The Labute approximate surface area is 138 Å². The fourth-order valence-electron chi connectivity index (χ4n) is 1.58. The molecule has 0 bridgehead atoms. The monoisotopic (exact) mass is 350 g/mol. The van der Waals surface area contributed by atoms with Crippen LogP contribution in [0.15, 0.2) is 17.0 Å². The van der Waals surface area contributed by atoms with Crippen molar-refractivity contribution in [3.8, 4) is 0 Å². The van der Waals surface area contributed by atoms with Gasteiger partial charge in [-0.05, 0) is 29.1 Å². The molecule has 2 nitrogen and oxygen atoms in total. The summed E-state index contributed by atoms with van der Waals surface area (Å²) < 4.78 is 13.5. The SMILES string of the molecule is CCC(C)(C)C(C)C(=O)Sc1cc(C(=O)Cl)c(F)cc1Cl. The lowest BCUT2D eigenvalue weighted by molar-refractivity contribution is -0.117. The van der Waals surface area contributed by atoms with Gasteiger partial charge in [0.05, 0.1) is 10.6 Å². The molecule has 0 fully saturated rings. The molecule has 1 aromatic rings. The predicted molar refractivity (Wildman–Crippen MR) is 85.7 cm³/mol. The number of benzene rings is 1. The first kappa shape index (κ1) is 18.5. The lowest BCUT2D eigenvalue weighted by Crippen LogP contribution is -2.26. The van der Waals surface area contributed by atoms with E-state index in [0.717, 1.165) is 24.2 Å². The summed E-state index contributed by atoms with van der Waals surface area (Å²) in [7, 11) is 0. The zero-order chi connectivity index (χ0) is 16.4. The molecule has 0 N–H and O–H groups in total. The van der Waals surface area contributed by atoms with Gasteiger partial charge in [-0.15, -0.1) is 0 Å². The molecule has 1 unspecified atom stereocenters. The van der Waals surface area contributed by atoms with E-state index in [1.807, 2.05) is 27.7 Å². The molecule has 0 amide bonds. The molecule has 0 saturated carbocycles. The number of carbonyl (C=O) groups is 2. The van der Waals surface area contributed by atoms with Crippen molar-refractivity contribution in [3.63, 3.8) is 0 Å². The molecule has 1 atom stereocenters. The third-order valence-electron chi connectivity index (χ3n) is 3.88. The molecule has 21 heavy (non-hydrogen) atoms. The van der Waals surface area contributed by atoms with Gasteiger partial charge in [0.25, 0.3) is 5.24 Å². The third kappa shape index (κ3) is 4.44. The van der Waals surface area contributed by atoms with Gasteiger partial charge in [-0.1, -0.05) is 57.5 Å². The van der Waals surface area contributed by atoms with E-state index < -0.39 is 11.1 Å². The van der Waals surface area contributed by atoms with E-state index >= 15 is 0 Å². The van der Waals surface area contributed by atoms with Gasteiger partial charge in [-0.2, -0.15) is 0 Å². The molecule has 0 heterocycles. The summed E-state index contributed by atoms with van der Waals surface area (Å²) in [5.41, 5.74) is -0.430. The maximum absolute atomic E-state index is 13.5. The first-order chi connectivity index (χ1) is 9.60. The van der Waals surface area contributed by atoms with Crippen molar-refractivity contribution in [2.75, 3.05) is 0 Å². The van der Waals surface area contributed by atoms with Crippen molar-refractivity contribution >= 4 is 45.3 Å². The number of hydrogen-bond donors (Lipinski definition) is 0. The molecule has 0 aliphatic heterocycles. The molecule has 0 radical (unpaired) electrons. The molecule has 0 aliphatic carbocycles. The Morgan fingerprint density at radius 2 is 1.95 bits per heavy atom. The molecule has 1 rings (SSSR count). The number of hydrogen-bond acceptors (Lipinski definition) is 3. The van der Waals surface area contributed by atoms with Crippen molar-refractivity contribution in [1.29, 1.82) is 0 Å². The maximum atomic E-state index is 13.5. The number of rotatable bonds is 5. The average Bonchev–Trinajstić information content (AvgIpc) is 2.40. The molecule has 1 aromatic carbocycles. The molecule has 0 aromatic heterocycles. The Hall–Kier alpha value is -0.580. The highest BCUT2D eigenvalue weighted by atomic mass is 35.5. The number of carbonyl (C=O) groups excluding carboxylic acids is 2. The van der Waals surface area contributed by atoms with Crippen LogP contribution in [0.1, 0.15) is 44.5 Å². The van der Waals surface area contributed by atoms with E-state index in [4.69, 9.17) is 23.2 Å². The van der Waals surface area contributed by atoms with Crippen LogP contribution in [0.25, 0.3) is 0 Å². The highest BCUT2D eigenvalue weighted by Gasteiger charge is 2.30. The first-order valence-electron chi connectivity index (χ1n) is 6.50. The van der Waals surface area contributed by atoms with E-state index in [-0.39, 0.29) is 27.0 Å². The van der Waals surface area contributed by atoms with Gasteiger partial charge in [0.15, 0.2) is 5.12 Å². The second-order valence-corrected chi connectivity index (χ2v) is 7.32. The van der Waals surface area contributed by atoms with Crippen LogP contribution in [0.5, 0.6) is 0 Å². The standard InChI is InChI=1S/C15H17Cl2FO2S/c1-5-15(3,4)8(2)14(20)21-12-6-9(13(17)19)11(18)7-10(12)16/h6-8H,5H2,1-4H3. The van der Waals surface area contributed by atoms with Crippen LogP contribution in [0.4, 0.5) is 4.39 Å². The summed E-state index contributed by atoms with van der Waals surface area (Å²) in [4.78, 5) is 23.8. The van der Waals surface area contributed by atoms with Gasteiger partial charge in [0, 0.05) is 10.8 Å². The molecule has 116 valence electrons. The summed E-state index contributed by atoms with van der Waals surface area (Å²) >= 11 is 12.2. The summed E-state index contributed by atoms with van der Waals surface area (Å²) in [5, 5.41) is -0.905. The van der Waals surface area contributed by atoms with E-state index in [0.29, 0.717) is 4.90 Å². The lowest BCUT2D eigenvalue weighted by Gasteiger charge is -2.29. The van der Waals surface area contributed by atoms with Crippen LogP contribution < -0.4 is 0 Å². The second kappa shape index (κ2) is 7.12. The minimum atomic E-state index is -0.916. The smallest absolute Gasteiger partial charge is 0.255 e. The minimum absolute atomic E-state index is 0.0803. The van der Waals surface area contributed by atoms with Crippen LogP contribution in [0.2, 0.25) is 5.02 Å². The summed E-state index contributed by atoms with van der Waals surface area (Å²) in [6, 6.07) is 2.23. The minimum Gasteiger partial charge on any atom is -0.287 e. The van der Waals surface area contributed by atoms with E-state index in [1.54, 1.807) is 0 Å². The molecule has 6 heteroatoms. The third-order valence-corrected chi connectivity index (χ3v) is 5.62. The Morgan fingerprint density at radius 1 is 1.38 bits per heavy atom. The maximum Gasteiger partial charge on any atom is 0.255 e. The van der Waals surface area contributed by atoms with Gasteiger partial charge < -0.3 is 0 Å². The van der Waals surface area contributed by atoms with Crippen LogP contribution in [0, 0.1) is 17.2 Å². The highest BCUT2D eigenvalue weighted by Crippen LogP contribution is 2.38. The van der Waals surface area contributed by atoms with Crippen molar-refractivity contribution < 1.29 is 14.0 Å². The quantitative estimate of drug-likeness (QED) is 0.515. The normalized spacial score (nSPS) is 13.1. The summed E-state index contributed by atoms with van der Waals surface area (Å²) in [6.45, 7) is 7.89. The van der Waals surface area contributed by atoms with Gasteiger partial charge in [-0.25, -0.2) is 4.39 Å². The van der Waals surface area contributed by atoms with Crippen molar-refractivity contribution in [1.82, 2.24) is 0 Å². The van der Waals surface area contributed by atoms with E-state index in [9.17, 15) is 14.0 Å². The Morgan fingerprint density at radius 3 is 2.43 bits per heavy atom. The summed E-state index contributed by atoms with van der Waals surface area (Å²) in [5.74, 6) is -0.998. The van der Waals surface area contributed by atoms with Gasteiger partial charge in [0.2, 0.25) is 0 Å². The number of thioether (sulfide) groups is 1. The van der Waals surface area contributed by atoms with Gasteiger partial charge in [0.1, 0.15) is 5.82 Å².